The summed E-state index contributed by atoms with van der Waals surface area (Å²) in [5, 5.41) is 21.2. The summed E-state index contributed by atoms with van der Waals surface area (Å²) in [4.78, 5) is 21.2. The molecule has 10 rings (SSSR count). The molecule has 8 aliphatic carbocycles. The van der Waals surface area contributed by atoms with Crippen molar-refractivity contribution in [2.75, 3.05) is 0 Å². The van der Waals surface area contributed by atoms with Crippen LogP contribution in [0.4, 0.5) is 0 Å². The van der Waals surface area contributed by atoms with Crippen LogP contribution in [0, 0.1) is 74.6 Å². The molecule has 114 heavy (non-hydrogen) atoms. The summed E-state index contributed by atoms with van der Waals surface area (Å²) in [5.74, 6) is 6.08. The summed E-state index contributed by atoms with van der Waals surface area (Å²) < 4.78 is 11.0. The summed E-state index contributed by atoms with van der Waals surface area (Å²) in [6, 6.07) is 24.3. The zero-order valence-electron chi connectivity index (χ0n) is 77.9. The van der Waals surface area contributed by atoms with Gasteiger partial charge < -0.3 is 83.4 Å². The summed E-state index contributed by atoms with van der Waals surface area (Å²) >= 11 is 9.64. The maximum absolute atomic E-state index is 5.31. The quantitative estimate of drug-likeness (QED) is 0.0635. The van der Waals surface area contributed by atoms with E-state index in [-0.39, 0.29) is 74.6 Å². The third kappa shape index (κ3) is 42.9. The van der Waals surface area contributed by atoms with Gasteiger partial charge in [-0.2, -0.15) is 11.5 Å². The third-order valence-electron chi connectivity index (χ3n) is 23.2. The van der Waals surface area contributed by atoms with E-state index < -0.39 is 65.9 Å². The van der Waals surface area contributed by atoms with Gasteiger partial charge in [-0.3, -0.25) is 0 Å². The third-order valence-corrected chi connectivity index (χ3v) is 52.3. The fourth-order valence-corrected chi connectivity index (χ4v) is 57.5. The molecular formula is C90H174Er2N12S2Si8. The second-order valence-corrected chi connectivity index (χ2v) is 83.2. The Morgan fingerprint density at radius 2 is 0.386 bits per heavy atom. The van der Waals surface area contributed by atoms with E-state index in [4.69, 9.17) is 66.5 Å². The molecule has 662 valence electrons. The zero-order chi connectivity index (χ0) is 82.8. The second-order valence-electron chi connectivity index (χ2n) is 42.5. The first-order chi connectivity index (χ1) is 52.6. The molecule has 0 aliphatic heterocycles. The van der Waals surface area contributed by atoms with Gasteiger partial charge in [0.1, 0.15) is 0 Å². The van der Waals surface area contributed by atoms with Gasteiger partial charge in [-0.15, -0.1) is 0 Å². The van der Waals surface area contributed by atoms with Gasteiger partial charge in [-0.25, -0.2) is 0 Å². The van der Waals surface area contributed by atoms with Gasteiger partial charge >= 0.3 is 74.6 Å². The number of benzene rings is 2. The number of nitrogens with zero attached hydrogens (tertiary/aromatic N) is 12. The van der Waals surface area contributed by atoms with E-state index in [1.807, 2.05) is 60.7 Å². The van der Waals surface area contributed by atoms with Crippen molar-refractivity contribution in [3.05, 3.63) is 93.1 Å². The fourth-order valence-electron chi connectivity index (χ4n) is 19.2. The van der Waals surface area contributed by atoms with E-state index in [1.54, 1.807) is 0 Å². The van der Waals surface area contributed by atoms with Gasteiger partial charge in [0.2, 0.25) is 0 Å². The van der Waals surface area contributed by atoms with E-state index >= 15 is 0 Å². The maximum atomic E-state index is 5.31. The fraction of sp³-hybridized carbons (Fsp3) is 0.822. The summed E-state index contributed by atoms with van der Waals surface area (Å²) in [6.07, 6.45) is 53.2. The largest absolute Gasteiger partial charge is 3.00 e. The van der Waals surface area contributed by atoms with Crippen LogP contribution in [-0.4, -0.2) is 155 Å². The predicted octanol–water partition coefficient (Wildman–Crippen LogP) is 28.9. The molecule has 2 radical (unpaired) electrons. The Hall–Kier alpha value is 0.449. The van der Waals surface area contributed by atoms with Gasteiger partial charge in [-0.1, -0.05) is 383 Å². The number of guanidine groups is 4. The summed E-state index contributed by atoms with van der Waals surface area (Å²) in [5.41, 5.74) is 2.45. The Morgan fingerprint density at radius 3 is 0.509 bits per heavy atom. The first kappa shape index (κ1) is 109. The molecule has 0 atom stereocenters. The Balaban J connectivity index is 0.000000366. The number of rotatable bonds is 18. The molecule has 0 spiro atoms. The van der Waals surface area contributed by atoms with Crippen LogP contribution in [-0.2, 0) is 36.8 Å². The van der Waals surface area contributed by atoms with Crippen molar-refractivity contribution >= 4 is 115 Å². The van der Waals surface area contributed by atoms with Crippen molar-refractivity contribution in [3.63, 3.8) is 0 Å². The molecule has 0 unspecified atom stereocenters. The Morgan fingerprint density at radius 1 is 0.246 bits per heavy atom. The average molecular weight is 2050 g/mol. The van der Waals surface area contributed by atoms with Crippen LogP contribution >= 0.6 is 0 Å². The van der Waals surface area contributed by atoms with Crippen LogP contribution in [0.1, 0.15) is 268 Å². The molecule has 2 aromatic rings. The van der Waals surface area contributed by atoms with Gasteiger partial charge in [0.15, 0.2) is 0 Å². The minimum Gasteiger partial charge on any atom is -0.788 e. The number of hydrogen-bond donors (Lipinski definition) is 0. The van der Waals surface area contributed by atoms with Crippen LogP contribution in [0.2, 0.25) is 157 Å². The summed E-state index contributed by atoms with van der Waals surface area (Å²) in [7, 11) is -11.9. The second kappa shape index (κ2) is 54.4. The van der Waals surface area contributed by atoms with Crippen molar-refractivity contribution in [3.8, 4) is 0 Å². The molecular weight excluding hydrogens is 1870 g/mol. The maximum Gasteiger partial charge on any atom is 3.00 e. The molecule has 0 saturated heterocycles. The van der Waals surface area contributed by atoms with Gasteiger partial charge in [0.25, 0.3) is 0 Å². The van der Waals surface area contributed by atoms with E-state index in [9.17, 15) is 0 Å². The standard InChI is InChI=1S/4C19H40N3Si2.2C7H8S.2Er/c4*1-23(2,3)22(24(4,5)6)19(20-17-13-9-7-10-14-17)21-18-15-11-8-12-16-18;2*8-6-7-4-2-1-3-5-7;;/h4*17-18H,7-16H2,1-6H3;2*1-5,8H,6H2;;/q4*-1;;;2*+3/p-2. The average Bonchev–Trinajstić information content (AvgIpc) is 0.814. The Labute approximate surface area is 784 Å². The molecule has 12 nitrogen and oxygen atoms in total. The van der Waals surface area contributed by atoms with Crippen LogP contribution < -0.4 is 0 Å². The number of aliphatic imine (C=N–C) groups is 4. The molecule has 0 bridgehead atoms. The van der Waals surface area contributed by atoms with Crippen molar-refractivity contribution in [2.45, 2.75) is 474 Å². The molecule has 8 fully saturated rings. The molecule has 8 aliphatic rings. The van der Waals surface area contributed by atoms with Gasteiger partial charge in [0.05, 0.1) is 65.9 Å². The minimum absolute atomic E-state index is 0. The number of hydrogen-bond acceptors (Lipinski definition) is 6. The summed E-state index contributed by atoms with van der Waals surface area (Å²) in [6.45, 7) is 59.3. The van der Waals surface area contributed by atoms with E-state index in [0.717, 1.165) is 35.3 Å². The SMILES string of the molecule is C[Si](C)(C)N(C(=NC1CCCCC1)[N-]C1CCCCC1)[Si](C)(C)C.C[Si](C)(C)N(C(=NC1CCCCC1)[N-]C1CCCCC1)[Si](C)(C)C.C[Si](C)(C)N(C(=NC1CCCCC1)[N-]C1CCCCC1)[Si](C)(C)C.C[Si](C)(C)N(C(=NC1CCCCC1)[N-]C1CCCCC1)[Si](C)(C)C.[Er+3].[Er+3].[S-]Cc1ccccc1.[S-]Cc1ccccc1. The van der Waals surface area contributed by atoms with E-state index in [1.165, 1.54) is 268 Å². The predicted molar refractivity (Wildman–Crippen MR) is 527 cm³/mol. The normalized spacial score (nSPS) is 20.2. The smallest absolute Gasteiger partial charge is 0.788 e. The molecule has 8 saturated carbocycles. The van der Waals surface area contributed by atoms with E-state index in [0.29, 0.717) is 48.3 Å². The molecule has 2 aromatic carbocycles. The Kier molecular flexibility index (Phi) is 51.8. The van der Waals surface area contributed by atoms with Crippen LogP contribution in [0.5, 0.6) is 0 Å². The monoisotopic (exact) mass is 2040 g/mol. The van der Waals surface area contributed by atoms with Crippen LogP contribution in [0.15, 0.2) is 80.6 Å². The topological polar surface area (TPSA) is 119 Å². The first-order valence-corrected chi connectivity index (χ1v) is 74.9. The molecule has 0 N–H and O–H groups in total. The molecule has 0 amide bonds. The van der Waals surface area contributed by atoms with Crippen molar-refractivity contribution in [2.24, 2.45) is 20.0 Å². The van der Waals surface area contributed by atoms with Crippen molar-refractivity contribution in [1.82, 2.24) is 16.9 Å². The van der Waals surface area contributed by atoms with Crippen molar-refractivity contribution in [1.29, 1.82) is 0 Å². The first-order valence-electron chi connectivity index (χ1n) is 46.2. The zero-order valence-corrected chi connectivity index (χ0v) is 91.2. The van der Waals surface area contributed by atoms with Crippen LogP contribution in [0.3, 0.4) is 0 Å². The molecule has 24 heteroatoms. The van der Waals surface area contributed by atoms with E-state index in [2.05, 4.69) is 174 Å². The molecule has 0 aromatic heterocycles. The molecule has 0 heterocycles. The van der Waals surface area contributed by atoms with Gasteiger partial charge in [-0.05, 0) is 151 Å². The minimum atomic E-state index is -1.48. The van der Waals surface area contributed by atoms with Crippen molar-refractivity contribution < 1.29 is 74.6 Å². The Bertz CT molecular complexity index is 2550. The van der Waals surface area contributed by atoms with Crippen LogP contribution in [0.25, 0.3) is 21.3 Å². The van der Waals surface area contributed by atoms with Gasteiger partial charge in [0, 0.05) is 23.8 Å².